The van der Waals surface area contributed by atoms with E-state index in [0.29, 0.717) is 30.4 Å². The zero-order chi connectivity index (χ0) is 14.0. The Kier molecular flexibility index (Phi) is 4.01. The van der Waals surface area contributed by atoms with Gasteiger partial charge in [0.2, 0.25) is 10.0 Å². The van der Waals surface area contributed by atoms with Crippen molar-refractivity contribution in [2.24, 2.45) is 5.92 Å². The molecular weight excluding hydrogens is 264 g/mol. The van der Waals surface area contributed by atoms with Crippen LogP contribution in [-0.4, -0.2) is 32.9 Å². The fraction of sp³-hybridized carbons (Fsp3) is 0.538. The molecule has 2 rings (SSSR count). The Hall–Kier alpha value is -1.27. The van der Waals surface area contributed by atoms with Crippen LogP contribution in [0.25, 0.3) is 0 Å². The van der Waals surface area contributed by atoms with Crippen LogP contribution in [0.15, 0.2) is 23.1 Å². The number of anilines is 1. The van der Waals surface area contributed by atoms with Gasteiger partial charge in [-0.05, 0) is 30.9 Å². The van der Waals surface area contributed by atoms with E-state index in [-0.39, 0.29) is 4.90 Å². The molecule has 1 aromatic carbocycles. The summed E-state index contributed by atoms with van der Waals surface area (Å²) in [6.45, 7) is 2.94. The van der Waals surface area contributed by atoms with Crippen molar-refractivity contribution in [3.8, 4) is 5.75 Å². The van der Waals surface area contributed by atoms with E-state index in [1.165, 1.54) is 23.5 Å². The van der Waals surface area contributed by atoms with Crippen LogP contribution < -0.4 is 10.5 Å². The van der Waals surface area contributed by atoms with Gasteiger partial charge >= 0.3 is 0 Å². The summed E-state index contributed by atoms with van der Waals surface area (Å²) in [6.07, 6.45) is 2.24. The predicted octanol–water partition coefficient (Wildman–Crippen LogP) is 1.70. The minimum atomic E-state index is -3.46. The molecule has 2 N–H and O–H groups in total. The lowest BCUT2D eigenvalue weighted by atomic mass is 10.3. The van der Waals surface area contributed by atoms with Crippen molar-refractivity contribution in [1.82, 2.24) is 4.31 Å². The summed E-state index contributed by atoms with van der Waals surface area (Å²) >= 11 is 0. The third kappa shape index (κ3) is 3.01. The summed E-state index contributed by atoms with van der Waals surface area (Å²) in [5.74, 6) is 0.911. The molecule has 1 fully saturated rings. The Morgan fingerprint density at radius 2 is 2.11 bits per heavy atom. The summed E-state index contributed by atoms with van der Waals surface area (Å²) in [6, 6.07) is 4.58. The second-order valence-electron chi connectivity index (χ2n) is 4.80. The number of methoxy groups -OCH3 is 1. The van der Waals surface area contributed by atoms with Gasteiger partial charge in [-0.25, -0.2) is 8.42 Å². The van der Waals surface area contributed by atoms with Crippen molar-refractivity contribution >= 4 is 15.7 Å². The number of nitrogens with zero attached hydrogens (tertiary/aromatic N) is 1. The molecule has 19 heavy (non-hydrogen) atoms. The fourth-order valence-corrected chi connectivity index (χ4v) is 3.53. The SMILES string of the molecule is CCN(CC1CC1)S(=O)(=O)c1ccc(N)c(OC)c1. The van der Waals surface area contributed by atoms with Crippen LogP contribution in [0.3, 0.4) is 0 Å². The topological polar surface area (TPSA) is 72.6 Å². The second-order valence-corrected chi connectivity index (χ2v) is 6.74. The third-order valence-electron chi connectivity index (χ3n) is 3.35. The first-order valence-corrected chi connectivity index (χ1v) is 7.86. The molecule has 0 atom stereocenters. The molecule has 0 bridgehead atoms. The van der Waals surface area contributed by atoms with E-state index < -0.39 is 10.0 Å². The highest BCUT2D eigenvalue weighted by atomic mass is 32.2. The molecule has 0 unspecified atom stereocenters. The van der Waals surface area contributed by atoms with Crippen molar-refractivity contribution in [2.45, 2.75) is 24.7 Å². The number of sulfonamides is 1. The largest absolute Gasteiger partial charge is 0.495 e. The normalized spacial score (nSPS) is 15.7. The molecule has 5 nitrogen and oxygen atoms in total. The monoisotopic (exact) mass is 284 g/mol. The van der Waals surface area contributed by atoms with Gasteiger partial charge in [0.05, 0.1) is 17.7 Å². The van der Waals surface area contributed by atoms with E-state index in [9.17, 15) is 8.42 Å². The quantitative estimate of drug-likeness (QED) is 0.807. The van der Waals surface area contributed by atoms with Gasteiger partial charge in [0, 0.05) is 19.2 Å². The highest BCUT2D eigenvalue weighted by Crippen LogP contribution is 2.32. The number of benzene rings is 1. The number of hydrogen-bond acceptors (Lipinski definition) is 4. The van der Waals surface area contributed by atoms with Crippen molar-refractivity contribution in [3.63, 3.8) is 0 Å². The van der Waals surface area contributed by atoms with Gasteiger partial charge in [0.1, 0.15) is 5.75 Å². The summed E-state index contributed by atoms with van der Waals surface area (Å²) in [5.41, 5.74) is 6.15. The Labute approximate surface area is 114 Å². The molecule has 1 aliphatic carbocycles. The molecule has 0 amide bonds. The molecule has 1 saturated carbocycles. The number of nitrogens with two attached hydrogens (primary N) is 1. The standard InChI is InChI=1S/C13H20N2O3S/c1-3-15(9-10-4-5-10)19(16,17)11-6-7-12(14)13(8-11)18-2/h6-8,10H,3-5,9,14H2,1-2H3. The Balaban J connectivity index is 2.31. The predicted molar refractivity (Wildman–Crippen MR) is 74.6 cm³/mol. The molecular formula is C13H20N2O3S. The third-order valence-corrected chi connectivity index (χ3v) is 5.29. The molecule has 6 heteroatoms. The van der Waals surface area contributed by atoms with E-state index in [1.54, 1.807) is 6.07 Å². The van der Waals surface area contributed by atoms with Crippen LogP contribution in [0.2, 0.25) is 0 Å². The molecule has 0 heterocycles. The van der Waals surface area contributed by atoms with Gasteiger partial charge in [-0.15, -0.1) is 0 Å². The van der Waals surface area contributed by atoms with Crippen LogP contribution in [0.1, 0.15) is 19.8 Å². The lowest BCUT2D eigenvalue weighted by molar-refractivity contribution is 0.407. The number of hydrogen-bond donors (Lipinski definition) is 1. The number of ether oxygens (including phenoxy) is 1. The van der Waals surface area contributed by atoms with Crippen molar-refractivity contribution < 1.29 is 13.2 Å². The molecule has 0 radical (unpaired) electrons. The van der Waals surface area contributed by atoms with Gasteiger partial charge in [0.25, 0.3) is 0 Å². The van der Waals surface area contributed by atoms with Crippen molar-refractivity contribution in [3.05, 3.63) is 18.2 Å². The molecule has 0 aliphatic heterocycles. The van der Waals surface area contributed by atoms with Gasteiger partial charge in [-0.1, -0.05) is 6.92 Å². The Morgan fingerprint density at radius 1 is 1.42 bits per heavy atom. The summed E-state index contributed by atoms with van der Waals surface area (Å²) < 4.78 is 31.7. The Bertz CT molecular complexity index is 553. The maximum absolute atomic E-state index is 12.5. The first kappa shape index (κ1) is 14.1. The van der Waals surface area contributed by atoms with E-state index in [2.05, 4.69) is 0 Å². The average molecular weight is 284 g/mol. The minimum absolute atomic E-state index is 0.237. The number of rotatable bonds is 6. The Morgan fingerprint density at radius 3 is 2.63 bits per heavy atom. The van der Waals surface area contributed by atoms with E-state index >= 15 is 0 Å². The number of nitrogen functional groups attached to an aromatic ring is 1. The van der Waals surface area contributed by atoms with E-state index in [0.717, 1.165) is 12.8 Å². The minimum Gasteiger partial charge on any atom is -0.495 e. The first-order valence-electron chi connectivity index (χ1n) is 6.42. The summed E-state index contributed by atoms with van der Waals surface area (Å²) in [5, 5.41) is 0. The molecule has 1 aromatic rings. The van der Waals surface area contributed by atoms with E-state index in [4.69, 9.17) is 10.5 Å². The van der Waals surface area contributed by atoms with Crippen molar-refractivity contribution in [2.75, 3.05) is 25.9 Å². The first-order chi connectivity index (χ1) is 8.98. The molecule has 0 spiro atoms. The zero-order valence-electron chi connectivity index (χ0n) is 11.3. The van der Waals surface area contributed by atoms with Gasteiger partial charge < -0.3 is 10.5 Å². The smallest absolute Gasteiger partial charge is 0.243 e. The summed E-state index contributed by atoms with van der Waals surface area (Å²) in [4.78, 5) is 0.237. The summed E-state index contributed by atoms with van der Waals surface area (Å²) in [7, 11) is -1.98. The second kappa shape index (κ2) is 5.38. The molecule has 106 valence electrons. The maximum Gasteiger partial charge on any atom is 0.243 e. The van der Waals surface area contributed by atoms with Gasteiger partial charge in [-0.3, -0.25) is 0 Å². The lowest BCUT2D eigenvalue weighted by Crippen LogP contribution is -2.32. The van der Waals surface area contributed by atoms with Gasteiger partial charge in [-0.2, -0.15) is 4.31 Å². The zero-order valence-corrected chi connectivity index (χ0v) is 12.1. The van der Waals surface area contributed by atoms with E-state index in [1.807, 2.05) is 6.92 Å². The molecule has 1 aliphatic rings. The highest BCUT2D eigenvalue weighted by molar-refractivity contribution is 7.89. The molecule has 0 saturated heterocycles. The van der Waals surface area contributed by atoms with Crippen LogP contribution >= 0.6 is 0 Å². The highest BCUT2D eigenvalue weighted by Gasteiger charge is 2.30. The average Bonchev–Trinajstić information content (AvgIpc) is 3.20. The van der Waals surface area contributed by atoms with Crippen LogP contribution in [0.5, 0.6) is 5.75 Å². The maximum atomic E-state index is 12.5. The van der Waals surface area contributed by atoms with Gasteiger partial charge in [0.15, 0.2) is 0 Å². The van der Waals surface area contributed by atoms with Crippen LogP contribution in [-0.2, 0) is 10.0 Å². The molecule has 0 aromatic heterocycles. The van der Waals surface area contributed by atoms with Crippen molar-refractivity contribution in [1.29, 1.82) is 0 Å². The lowest BCUT2D eigenvalue weighted by Gasteiger charge is -2.20. The van der Waals surface area contributed by atoms with Crippen LogP contribution in [0.4, 0.5) is 5.69 Å². The van der Waals surface area contributed by atoms with Crippen LogP contribution in [0, 0.1) is 5.92 Å². The fourth-order valence-electron chi connectivity index (χ4n) is 1.99.